The maximum Gasteiger partial charge on any atom is 0.272 e. The molecular weight excluding hydrogens is 364 g/mol. The van der Waals surface area contributed by atoms with Crippen molar-refractivity contribution in [1.82, 2.24) is 9.29 Å². The molecule has 0 saturated carbocycles. The van der Waals surface area contributed by atoms with Crippen molar-refractivity contribution in [3.8, 4) is 0 Å². The number of hydrogen-bond donors (Lipinski definition) is 2. The van der Waals surface area contributed by atoms with Gasteiger partial charge in [-0.1, -0.05) is 0 Å². The van der Waals surface area contributed by atoms with Crippen LogP contribution in [0, 0.1) is 18.6 Å². The second kappa shape index (κ2) is 6.48. The number of rotatable bonds is 2. The number of carbonyl (C=O) groups excluding carboxylic acids is 1. The van der Waals surface area contributed by atoms with E-state index in [1.165, 1.54) is 17.7 Å². The normalized spacial score (nSPS) is 18.9. The molecule has 26 heavy (non-hydrogen) atoms. The van der Waals surface area contributed by atoms with Gasteiger partial charge in [0.2, 0.25) is 10.0 Å². The van der Waals surface area contributed by atoms with E-state index >= 15 is 0 Å². The molecule has 0 radical (unpaired) electrons. The van der Waals surface area contributed by atoms with Crippen LogP contribution in [0.2, 0.25) is 0 Å². The number of benzene rings is 1. The quantitative estimate of drug-likeness (QED) is 0.836. The highest BCUT2D eigenvalue weighted by Crippen LogP contribution is 2.28. The summed E-state index contributed by atoms with van der Waals surface area (Å²) in [5, 5.41) is 2.41. The van der Waals surface area contributed by atoms with E-state index in [0.717, 1.165) is 12.1 Å². The Morgan fingerprint density at radius 2 is 2.04 bits per heavy atom. The molecule has 0 saturated heterocycles. The molecule has 0 aliphatic carbocycles. The molecule has 1 aromatic carbocycles. The number of amides is 1. The molecule has 1 aliphatic rings. The van der Waals surface area contributed by atoms with Crippen molar-refractivity contribution in [2.24, 2.45) is 7.05 Å². The summed E-state index contributed by atoms with van der Waals surface area (Å²) in [5.41, 5.74) is 0.169. The molecule has 0 unspecified atom stereocenters. The van der Waals surface area contributed by atoms with Crippen molar-refractivity contribution >= 4 is 21.6 Å². The molecule has 140 valence electrons. The number of nitrogens with one attached hydrogen (secondary N) is 2. The molecule has 6 nitrogen and oxygen atoms in total. The first kappa shape index (κ1) is 18.5. The highest BCUT2D eigenvalue weighted by Gasteiger charge is 2.31. The summed E-state index contributed by atoms with van der Waals surface area (Å²) in [6, 6.07) is 1.94. The van der Waals surface area contributed by atoms with Crippen LogP contribution in [0.1, 0.15) is 35.0 Å². The van der Waals surface area contributed by atoms with E-state index < -0.39 is 27.6 Å². The number of carbonyl (C=O) groups is 1. The maximum absolute atomic E-state index is 14.2. The largest absolute Gasteiger partial charge is 0.345 e. The minimum Gasteiger partial charge on any atom is -0.345 e. The minimum atomic E-state index is -3.73. The van der Waals surface area contributed by atoms with Crippen LogP contribution < -0.4 is 10.0 Å². The molecule has 3 rings (SSSR count). The van der Waals surface area contributed by atoms with Crippen molar-refractivity contribution in [1.29, 1.82) is 0 Å². The zero-order chi connectivity index (χ0) is 19.2. The topological polar surface area (TPSA) is 80.2 Å². The van der Waals surface area contributed by atoms with Gasteiger partial charge >= 0.3 is 0 Å². The fourth-order valence-electron chi connectivity index (χ4n) is 3.11. The third-order valence-corrected chi connectivity index (χ3v) is 6.15. The Morgan fingerprint density at radius 3 is 2.73 bits per heavy atom. The van der Waals surface area contributed by atoms with Crippen LogP contribution in [0.25, 0.3) is 0 Å². The molecule has 2 N–H and O–H groups in total. The van der Waals surface area contributed by atoms with Gasteiger partial charge in [-0.2, -0.15) is 0 Å². The van der Waals surface area contributed by atoms with E-state index in [1.54, 1.807) is 14.0 Å². The van der Waals surface area contributed by atoms with Gasteiger partial charge in [-0.25, -0.2) is 21.9 Å². The zero-order valence-corrected chi connectivity index (χ0v) is 15.4. The summed E-state index contributed by atoms with van der Waals surface area (Å²) < 4.78 is 56.4. The third kappa shape index (κ3) is 3.12. The predicted molar refractivity (Wildman–Crippen MR) is 92.6 cm³/mol. The molecule has 2 aromatic rings. The van der Waals surface area contributed by atoms with Gasteiger partial charge in [0.05, 0.1) is 5.69 Å². The summed E-state index contributed by atoms with van der Waals surface area (Å²) in [4.78, 5) is 12.8. The van der Waals surface area contributed by atoms with E-state index in [0.29, 0.717) is 18.4 Å². The first-order valence-corrected chi connectivity index (χ1v) is 9.56. The van der Waals surface area contributed by atoms with E-state index in [4.69, 9.17) is 0 Å². The highest BCUT2D eigenvalue weighted by atomic mass is 32.2. The number of nitrogens with zero attached hydrogens (tertiary/aromatic N) is 1. The lowest BCUT2D eigenvalue weighted by Gasteiger charge is -2.11. The van der Waals surface area contributed by atoms with Gasteiger partial charge in [-0.05, 0) is 38.8 Å². The highest BCUT2D eigenvalue weighted by molar-refractivity contribution is 7.89. The molecule has 0 fully saturated rings. The maximum atomic E-state index is 14.2. The van der Waals surface area contributed by atoms with Crippen molar-refractivity contribution < 1.29 is 22.0 Å². The predicted octanol–water partition coefficient (Wildman–Crippen LogP) is 2.48. The summed E-state index contributed by atoms with van der Waals surface area (Å²) in [7, 11) is -2.18. The Labute approximate surface area is 150 Å². The molecule has 1 aromatic heterocycles. The summed E-state index contributed by atoms with van der Waals surface area (Å²) in [6.45, 7) is 3.02. The van der Waals surface area contributed by atoms with Gasteiger partial charge in [0.15, 0.2) is 5.82 Å². The lowest BCUT2D eigenvalue weighted by molar-refractivity contribution is 0.101. The van der Waals surface area contributed by atoms with Crippen LogP contribution in [0.5, 0.6) is 0 Å². The van der Waals surface area contributed by atoms with Gasteiger partial charge < -0.3 is 9.88 Å². The summed E-state index contributed by atoms with van der Waals surface area (Å²) in [6.07, 6.45) is 2.29. The Morgan fingerprint density at radius 1 is 1.35 bits per heavy atom. The lowest BCUT2D eigenvalue weighted by atomic mass is 10.1. The van der Waals surface area contributed by atoms with Crippen LogP contribution in [-0.2, 0) is 23.5 Å². The van der Waals surface area contributed by atoms with Crippen molar-refractivity contribution in [2.75, 3.05) is 5.32 Å². The monoisotopic (exact) mass is 383 g/mol. The Balaban J connectivity index is 2.02. The van der Waals surface area contributed by atoms with E-state index in [-0.39, 0.29) is 27.9 Å². The van der Waals surface area contributed by atoms with Crippen molar-refractivity contribution in [3.63, 3.8) is 0 Å². The van der Waals surface area contributed by atoms with E-state index in [1.807, 2.05) is 0 Å². The van der Waals surface area contributed by atoms with Crippen LogP contribution in [0.4, 0.5) is 14.5 Å². The molecule has 1 aliphatic heterocycles. The fraction of sp³-hybridized carbons (Fsp3) is 0.353. The molecular formula is C17H19F2N3O3S. The van der Waals surface area contributed by atoms with Crippen molar-refractivity contribution in [2.45, 2.75) is 37.6 Å². The SMILES string of the molecule is Cc1c(F)ccc(NC(=O)c2c3c(cn2C)S(=O)(=O)N[C@@H](C)CC3)c1F. The summed E-state index contributed by atoms with van der Waals surface area (Å²) in [5.74, 6) is -2.22. The second-order valence-electron chi connectivity index (χ2n) is 6.48. The standard InChI is InChI=1S/C17H19F2N3O3S/c1-9-4-5-11-14(26(24,25)21-9)8-22(3)16(11)17(23)20-13-7-6-12(18)10(2)15(13)19/h6-9,21H,4-5H2,1-3H3,(H,20,23)/t9-/m0/s1. The molecule has 2 heterocycles. The number of hydrogen-bond acceptors (Lipinski definition) is 3. The van der Waals surface area contributed by atoms with Crippen LogP contribution >= 0.6 is 0 Å². The van der Waals surface area contributed by atoms with Crippen LogP contribution in [-0.4, -0.2) is 24.9 Å². The van der Waals surface area contributed by atoms with E-state index in [2.05, 4.69) is 10.0 Å². The average Bonchev–Trinajstić information content (AvgIpc) is 2.85. The first-order valence-electron chi connectivity index (χ1n) is 8.08. The van der Waals surface area contributed by atoms with Crippen LogP contribution in [0.15, 0.2) is 23.2 Å². The zero-order valence-electron chi connectivity index (χ0n) is 14.6. The summed E-state index contributed by atoms with van der Waals surface area (Å²) >= 11 is 0. The lowest BCUT2D eigenvalue weighted by Crippen LogP contribution is -2.30. The van der Waals surface area contributed by atoms with Crippen molar-refractivity contribution in [3.05, 3.63) is 46.8 Å². The fourth-order valence-corrected chi connectivity index (χ4v) is 4.70. The Bertz CT molecular complexity index is 999. The number of aryl methyl sites for hydroxylation is 1. The van der Waals surface area contributed by atoms with Crippen LogP contribution in [0.3, 0.4) is 0 Å². The van der Waals surface area contributed by atoms with Gasteiger partial charge in [0.25, 0.3) is 5.91 Å². The van der Waals surface area contributed by atoms with E-state index in [9.17, 15) is 22.0 Å². The van der Waals surface area contributed by atoms with Gasteiger partial charge in [-0.3, -0.25) is 4.79 Å². The minimum absolute atomic E-state index is 0.0465. The molecule has 9 heteroatoms. The second-order valence-corrected chi connectivity index (χ2v) is 8.16. The molecule has 0 bridgehead atoms. The number of aromatic nitrogens is 1. The number of anilines is 1. The number of sulfonamides is 1. The average molecular weight is 383 g/mol. The van der Waals surface area contributed by atoms with Gasteiger partial charge in [0.1, 0.15) is 16.4 Å². The third-order valence-electron chi connectivity index (χ3n) is 4.50. The Kier molecular flexibility index (Phi) is 4.61. The molecule has 1 atom stereocenters. The first-order chi connectivity index (χ1) is 12.1. The smallest absolute Gasteiger partial charge is 0.272 e. The van der Waals surface area contributed by atoms with Gasteiger partial charge in [-0.15, -0.1) is 0 Å². The number of halogens is 2. The van der Waals surface area contributed by atoms with Gasteiger partial charge in [0, 0.05) is 30.4 Å². The molecule has 1 amide bonds. The molecule has 0 spiro atoms. The Hall–Kier alpha value is -2.26. The number of fused-ring (bicyclic) bond motifs is 1.